The highest BCUT2D eigenvalue weighted by Crippen LogP contribution is 2.17. The number of fused-ring (bicyclic) bond motifs is 1. The molecule has 0 saturated heterocycles. The number of hydrogen-bond donors (Lipinski definition) is 1. The van der Waals surface area contributed by atoms with Crippen LogP contribution in [0.15, 0.2) is 24.3 Å². The van der Waals surface area contributed by atoms with Crippen LogP contribution in [-0.4, -0.2) is 20.7 Å². The molecule has 1 aliphatic rings. The lowest BCUT2D eigenvalue weighted by Crippen LogP contribution is -2.06. The minimum Gasteiger partial charge on any atom is -0.326 e. The highest BCUT2D eigenvalue weighted by Gasteiger charge is 2.17. The third-order valence-electron chi connectivity index (χ3n) is 3.32. The maximum absolute atomic E-state index is 10.9. The summed E-state index contributed by atoms with van der Waals surface area (Å²) in [5.41, 5.74) is 2.00. The van der Waals surface area contributed by atoms with Gasteiger partial charge in [-0.15, -0.1) is 10.2 Å². The van der Waals surface area contributed by atoms with Crippen LogP contribution in [-0.2, 0) is 24.2 Å². The topological polar surface area (TPSA) is 59.8 Å². The van der Waals surface area contributed by atoms with Gasteiger partial charge in [0.2, 0.25) is 5.91 Å². The second-order valence-electron chi connectivity index (χ2n) is 4.84. The highest BCUT2D eigenvalue weighted by molar-refractivity contribution is 5.88. The van der Waals surface area contributed by atoms with Crippen LogP contribution in [0.3, 0.4) is 0 Å². The molecular weight excluding hydrogens is 240 g/mol. The normalized spacial score (nSPS) is 13.3. The molecule has 1 aromatic heterocycles. The smallest absolute Gasteiger partial charge is 0.221 e. The Hall–Kier alpha value is -2.17. The molecule has 1 aliphatic heterocycles. The van der Waals surface area contributed by atoms with E-state index < -0.39 is 0 Å². The van der Waals surface area contributed by atoms with Crippen molar-refractivity contribution < 1.29 is 4.79 Å². The van der Waals surface area contributed by atoms with Gasteiger partial charge in [0.15, 0.2) is 0 Å². The van der Waals surface area contributed by atoms with Crippen LogP contribution in [0, 0.1) is 0 Å². The Balaban J connectivity index is 1.74. The molecule has 0 saturated carbocycles. The summed E-state index contributed by atoms with van der Waals surface area (Å²) in [6.07, 6.45) is 2.99. The van der Waals surface area contributed by atoms with Crippen LogP contribution in [0.25, 0.3) is 0 Å². The Morgan fingerprint density at radius 1 is 1.32 bits per heavy atom. The minimum absolute atomic E-state index is 0.0528. The molecule has 0 atom stereocenters. The van der Waals surface area contributed by atoms with Crippen molar-refractivity contribution in [2.24, 2.45) is 0 Å². The van der Waals surface area contributed by atoms with Crippen molar-refractivity contribution in [3.05, 3.63) is 41.5 Å². The number of amides is 1. The number of nitrogens with one attached hydrogen (secondary N) is 1. The molecule has 98 valence electrons. The molecule has 0 unspecified atom stereocenters. The molecule has 5 heteroatoms. The highest BCUT2D eigenvalue weighted by atomic mass is 16.1. The summed E-state index contributed by atoms with van der Waals surface area (Å²) in [6, 6.07) is 7.86. The van der Waals surface area contributed by atoms with Gasteiger partial charge in [-0.1, -0.05) is 12.1 Å². The van der Waals surface area contributed by atoms with E-state index in [0.717, 1.165) is 36.7 Å². The van der Waals surface area contributed by atoms with E-state index in [0.29, 0.717) is 0 Å². The zero-order valence-corrected chi connectivity index (χ0v) is 10.9. The van der Waals surface area contributed by atoms with Crippen molar-refractivity contribution in [1.82, 2.24) is 14.8 Å². The number of aromatic nitrogens is 3. The molecular formula is C14H16N4O. The predicted molar refractivity (Wildman–Crippen MR) is 71.9 cm³/mol. The molecule has 1 amide bonds. The SMILES string of the molecule is CC(=O)Nc1ccc(Cc2nnc3n2CCC3)cc1. The molecule has 0 radical (unpaired) electrons. The number of nitrogens with zero attached hydrogens (tertiary/aromatic N) is 3. The molecule has 1 N–H and O–H groups in total. The minimum atomic E-state index is -0.0528. The summed E-state index contributed by atoms with van der Waals surface area (Å²) in [4.78, 5) is 10.9. The van der Waals surface area contributed by atoms with Crippen molar-refractivity contribution in [3.8, 4) is 0 Å². The molecule has 2 aromatic rings. The van der Waals surface area contributed by atoms with E-state index in [1.54, 1.807) is 0 Å². The molecule has 2 heterocycles. The number of rotatable bonds is 3. The van der Waals surface area contributed by atoms with Gasteiger partial charge in [0.25, 0.3) is 0 Å². The maximum Gasteiger partial charge on any atom is 0.221 e. The van der Waals surface area contributed by atoms with Gasteiger partial charge in [-0.2, -0.15) is 0 Å². The summed E-state index contributed by atoms with van der Waals surface area (Å²) in [5.74, 6) is 2.08. The number of aryl methyl sites for hydroxylation is 1. The maximum atomic E-state index is 10.9. The zero-order valence-electron chi connectivity index (χ0n) is 10.9. The third-order valence-corrected chi connectivity index (χ3v) is 3.32. The zero-order chi connectivity index (χ0) is 13.2. The second kappa shape index (κ2) is 4.84. The first kappa shape index (κ1) is 11.9. The van der Waals surface area contributed by atoms with Gasteiger partial charge >= 0.3 is 0 Å². The first-order valence-corrected chi connectivity index (χ1v) is 6.50. The summed E-state index contributed by atoms with van der Waals surface area (Å²) >= 11 is 0. The molecule has 0 fully saturated rings. The fraction of sp³-hybridized carbons (Fsp3) is 0.357. The summed E-state index contributed by atoms with van der Waals surface area (Å²) < 4.78 is 2.21. The lowest BCUT2D eigenvalue weighted by molar-refractivity contribution is -0.114. The van der Waals surface area contributed by atoms with Gasteiger partial charge in [-0.25, -0.2) is 0 Å². The summed E-state index contributed by atoms with van der Waals surface area (Å²) in [7, 11) is 0. The van der Waals surface area contributed by atoms with Crippen LogP contribution >= 0.6 is 0 Å². The molecule has 0 bridgehead atoms. The fourth-order valence-corrected chi connectivity index (χ4v) is 2.43. The van der Waals surface area contributed by atoms with E-state index in [2.05, 4.69) is 20.1 Å². The molecule has 0 spiro atoms. The Labute approximate surface area is 111 Å². The van der Waals surface area contributed by atoms with E-state index >= 15 is 0 Å². The average molecular weight is 256 g/mol. The van der Waals surface area contributed by atoms with E-state index in [4.69, 9.17) is 0 Å². The van der Waals surface area contributed by atoms with Crippen LogP contribution < -0.4 is 5.32 Å². The van der Waals surface area contributed by atoms with Gasteiger partial charge in [0.05, 0.1) is 0 Å². The van der Waals surface area contributed by atoms with Crippen LogP contribution in [0.2, 0.25) is 0 Å². The van der Waals surface area contributed by atoms with Crippen molar-refractivity contribution in [3.63, 3.8) is 0 Å². The molecule has 3 rings (SSSR count). The largest absolute Gasteiger partial charge is 0.326 e. The van der Waals surface area contributed by atoms with Crippen molar-refractivity contribution >= 4 is 11.6 Å². The summed E-state index contributed by atoms with van der Waals surface area (Å²) in [5, 5.41) is 11.2. The predicted octanol–water partition coefficient (Wildman–Crippen LogP) is 1.77. The van der Waals surface area contributed by atoms with Gasteiger partial charge in [0, 0.05) is 32.0 Å². The number of anilines is 1. The van der Waals surface area contributed by atoms with Crippen LogP contribution in [0.1, 0.15) is 30.6 Å². The first-order chi connectivity index (χ1) is 9.22. The van der Waals surface area contributed by atoms with Gasteiger partial charge in [-0.05, 0) is 24.1 Å². The van der Waals surface area contributed by atoms with Crippen molar-refractivity contribution in [2.75, 3.05) is 5.32 Å². The van der Waals surface area contributed by atoms with Gasteiger partial charge < -0.3 is 9.88 Å². The van der Waals surface area contributed by atoms with Crippen molar-refractivity contribution in [1.29, 1.82) is 0 Å². The Morgan fingerprint density at radius 3 is 2.84 bits per heavy atom. The Morgan fingerprint density at radius 2 is 2.11 bits per heavy atom. The summed E-state index contributed by atoms with van der Waals surface area (Å²) in [6.45, 7) is 2.54. The molecule has 1 aromatic carbocycles. The number of carbonyl (C=O) groups is 1. The molecule has 5 nitrogen and oxygen atoms in total. The quantitative estimate of drug-likeness (QED) is 0.910. The number of benzene rings is 1. The van der Waals surface area contributed by atoms with Crippen molar-refractivity contribution in [2.45, 2.75) is 32.7 Å². The first-order valence-electron chi connectivity index (χ1n) is 6.50. The average Bonchev–Trinajstić information content (AvgIpc) is 2.96. The Bertz CT molecular complexity index is 600. The lowest BCUT2D eigenvalue weighted by Gasteiger charge is -2.05. The standard InChI is InChI=1S/C14H16N4O/c1-10(19)15-12-6-4-11(5-7-12)9-14-17-16-13-3-2-8-18(13)14/h4-7H,2-3,8-9H2,1H3,(H,15,19). The monoisotopic (exact) mass is 256 g/mol. The second-order valence-corrected chi connectivity index (χ2v) is 4.84. The fourth-order valence-electron chi connectivity index (χ4n) is 2.43. The van der Waals surface area contributed by atoms with E-state index in [9.17, 15) is 4.79 Å². The van der Waals surface area contributed by atoms with Crippen LogP contribution in [0.4, 0.5) is 5.69 Å². The molecule has 0 aliphatic carbocycles. The molecule has 19 heavy (non-hydrogen) atoms. The third kappa shape index (κ3) is 2.50. The number of carbonyl (C=O) groups excluding carboxylic acids is 1. The van der Waals surface area contributed by atoms with E-state index in [1.807, 2.05) is 24.3 Å². The van der Waals surface area contributed by atoms with E-state index in [-0.39, 0.29) is 5.91 Å². The number of hydrogen-bond acceptors (Lipinski definition) is 3. The van der Waals surface area contributed by atoms with Gasteiger partial charge in [-0.3, -0.25) is 4.79 Å². The Kier molecular flexibility index (Phi) is 3.03. The van der Waals surface area contributed by atoms with E-state index in [1.165, 1.54) is 18.9 Å². The lowest BCUT2D eigenvalue weighted by atomic mass is 10.1. The van der Waals surface area contributed by atoms with Crippen LogP contribution in [0.5, 0.6) is 0 Å². The van der Waals surface area contributed by atoms with Gasteiger partial charge in [0.1, 0.15) is 11.6 Å².